The molecule has 0 aliphatic carbocycles. The van der Waals surface area contributed by atoms with Crippen LogP contribution in [-0.4, -0.2) is 36.8 Å². The van der Waals surface area contributed by atoms with Crippen LogP contribution in [0.5, 0.6) is 5.75 Å². The Morgan fingerprint density at radius 2 is 1.93 bits per heavy atom. The van der Waals surface area contributed by atoms with E-state index in [-0.39, 0.29) is 29.7 Å². The van der Waals surface area contributed by atoms with Crippen molar-refractivity contribution in [1.29, 1.82) is 0 Å². The summed E-state index contributed by atoms with van der Waals surface area (Å²) >= 11 is 1.63. The van der Waals surface area contributed by atoms with E-state index < -0.39 is 12.8 Å². The number of benzene rings is 1. The van der Waals surface area contributed by atoms with Crippen LogP contribution in [0.3, 0.4) is 0 Å². The number of nitrogens with one attached hydrogen (secondary N) is 2. The van der Waals surface area contributed by atoms with Crippen molar-refractivity contribution in [3.05, 3.63) is 45.9 Å². The van der Waals surface area contributed by atoms with Crippen molar-refractivity contribution >= 4 is 41.3 Å². The van der Waals surface area contributed by atoms with Crippen molar-refractivity contribution in [3.8, 4) is 5.75 Å². The molecular formula is C18H24F3IN4OS. The molecular weight excluding hydrogens is 504 g/mol. The summed E-state index contributed by atoms with van der Waals surface area (Å²) in [5.74, 6) is 0.866. The Morgan fingerprint density at radius 3 is 2.50 bits per heavy atom. The summed E-state index contributed by atoms with van der Waals surface area (Å²) in [6.45, 7) is 4.51. The molecule has 0 aliphatic rings. The van der Waals surface area contributed by atoms with Crippen molar-refractivity contribution in [2.45, 2.75) is 33.0 Å². The van der Waals surface area contributed by atoms with Crippen molar-refractivity contribution in [2.75, 3.05) is 19.7 Å². The first-order valence-corrected chi connectivity index (χ1v) is 9.45. The van der Waals surface area contributed by atoms with E-state index in [1.165, 1.54) is 12.1 Å². The summed E-state index contributed by atoms with van der Waals surface area (Å²) in [6.07, 6.45) is -3.54. The first-order chi connectivity index (χ1) is 12.9. The first-order valence-electron chi connectivity index (χ1n) is 8.57. The molecule has 2 rings (SSSR count). The Balaban J connectivity index is 0.00000392. The molecule has 0 fully saturated rings. The lowest BCUT2D eigenvalue weighted by Gasteiger charge is -2.11. The van der Waals surface area contributed by atoms with Crippen LogP contribution in [0.25, 0.3) is 0 Å². The van der Waals surface area contributed by atoms with E-state index in [1.54, 1.807) is 23.5 Å². The molecule has 0 unspecified atom stereocenters. The van der Waals surface area contributed by atoms with E-state index in [4.69, 9.17) is 4.74 Å². The first kappa shape index (κ1) is 24.5. The number of hydrogen-bond acceptors (Lipinski definition) is 4. The van der Waals surface area contributed by atoms with Gasteiger partial charge in [-0.05, 0) is 31.5 Å². The predicted octanol–water partition coefficient (Wildman–Crippen LogP) is 4.31. The number of aryl methyl sites for hydroxylation is 1. The number of aromatic nitrogens is 1. The maximum absolute atomic E-state index is 12.2. The predicted molar refractivity (Wildman–Crippen MR) is 117 cm³/mol. The molecule has 28 heavy (non-hydrogen) atoms. The van der Waals surface area contributed by atoms with Gasteiger partial charge in [0.15, 0.2) is 12.6 Å². The summed E-state index contributed by atoms with van der Waals surface area (Å²) in [4.78, 5) is 8.91. The number of nitrogens with zero attached hydrogens (tertiary/aromatic N) is 2. The van der Waals surface area contributed by atoms with Crippen LogP contribution in [0.15, 0.2) is 34.6 Å². The molecule has 0 bridgehead atoms. The smallest absolute Gasteiger partial charge is 0.422 e. The van der Waals surface area contributed by atoms with E-state index in [0.717, 1.165) is 29.2 Å². The third kappa shape index (κ3) is 9.58. The lowest BCUT2D eigenvalue weighted by molar-refractivity contribution is -0.153. The summed E-state index contributed by atoms with van der Waals surface area (Å²) < 4.78 is 41.2. The van der Waals surface area contributed by atoms with Gasteiger partial charge in [-0.15, -0.1) is 35.3 Å². The third-order valence-corrected chi connectivity index (χ3v) is 4.25. The van der Waals surface area contributed by atoms with Crippen LogP contribution >= 0.6 is 35.3 Å². The van der Waals surface area contributed by atoms with Gasteiger partial charge in [0.2, 0.25) is 0 Å². The number of rotatable bonds is 8. The maximum atomic E-state index is 12.2. The minimum absolute atomic E-state index is 0. The highest BCUT2D eigenvalue weighted by Gasteiger charge is 2.28. The van der Waals surface area contributed by atoms with Crippen molar-refractivity contribution in [2.24, 2.45) is 4.99 Å². The Morgan fingerprint density at radius 1 is 1.21 bits per heavy atom. The van der Waals surface area contributed by atoms with Crippen LogP contribution < -0.4 is 15.4 Å². The standard InChI is InChI=1S/C18H23F3N4OS.HI/c1-3-22-17(23-9-8-15-11-27-13(2)25-15)24-10-14-4-6-16(7-5-14)26-12-18(19,20)21;/h4-7,11H,3,8-10,12H2,1-2H3,(H2,22,23,24);1H. The molecule has 156 valence electrons. The second-order valence-electron chi connectivity index (χ2n) is 5.78. The normalized spacial score (nSPS) is 11.7. The Hall–Kier alpha value is -1.56. The van der Waals surface area contributed by atoms with Crippen LogP contribution in [0.4, 0.5) is 13.2 Å². The summed E-state index contributed by atoms with van der Waals surface area (Å²) in [5.41, 5.74) is 1.93. The lowest BCUT2D eigenvalue weighted by atomic mass is 10.2. The summed E-state index contributed by atoms with van der Waals surface area (Å²) in [6, 6.07) is 6.44. The fraction of sp³-hybridized carbons (Fsp3) is 0.444. The molecule has 0 radical (unpaired) electrons. The zero-order valence-electron chi connectivity index (χ0n) is 15.7. The topological polar surface area (TPSA) is 58.5 Å². The molecule has 0 atom stereocenters. The van der Waals surface area contributed by atoms with E-state index in [9.17, 15) is 13.2 Å². The number of hydrogen-bond donors (Lipinski definition) is 2. The highest BCUT2D eigenvalue weighted by molar-refractivity contribution is 14.0. The van der Waals surface area contributed by atoms with Gasteiger partial charge in [0.1, 0.15) is 5.75 Å². The zero-order chi connectivity index (χ0) is 19.7. The van der Waals surface area contributed by atoms with E-state index >= 15 is 0 Å². The van der Waals surface area contributed by atoms with Gasteiger partial charge in [0.05, 0.1) is 17.2 Å². The second-order valence-corrected chi connectivity index (χ2v) is 6.84. The van der Waals surface area contributed by atoms with Crippen molar-refractivity contribution < 1.29 is 17.9 Å². The van der Waals surface area contributed by atoms with Crippen molar-refractivity contribution in [3.63, 3.8) is 0 Å². The summed E-state index contributed by atoms with van der Waals surface area (Å²) in [5, 5.41) is 9.51. The lowest BCUT2D eigenvalue weighted by Crippen LogP contribution is -2.38. The maximum Gasteiger partial charge on any atom is 0.422 e. The minimum atomic E-state index is -4.34. The second kappa shape index (κ2) is 12.1. The number of aliphatic imine (C=N–C) groups is 1. The highest BCUT2D eigenvalue weighted by atomic mass is 127. The molecule has 2 aromatic rings. The van der Waals surface area contributed by atoms with Crippen molar-refractivity contribution in [1.82, 2.24) is 15.6 Å². The number of guanidine groups is 1. The van der Waals surface area contributed by atoms with Gasteiger partial charge < -0.3 is 15.4 Å². The van der Waals surface area contributed by atoms with Gasteiger partial charge >= 0.3 is 6.18 Å². The third-order valence-electron chi connectivity index (χ3n) is 3.43. The van der Waals surface area contributed by atoms with Gasteiger partial charge in [-0.1, -0.05) is 12.1 Å². The number of thiazole rings is 1. The number of ether oxygens (including phenoxy) is 1. The molecule has 2 N–H and O–H groups in total. The van der Waals surface area contributed by atoms with Gasteiger partial charge in [-0.25, -0.2) is 9.98 Å². The number of halogens is 4. The van der Waals surface area contributed by atoms with E-state index in [2.05, 4.69) is 20.6 Å². The zero-order valence-corrected chi connectivity index (χ0v) is 18.8. The molecule has 0 aliphatic heterocycles. The van der Waals surface area contributed by atoms with Crippen LogP contribution in [0.1, 0.15) is 23.2 Å². The Kier molecular flexibility index (Phi) is 10.6. The monoisotopic (exact) mass is 528 g/mol. The van der Waals surface area contributed by atoms with Crippen LogP contribution in [0.2, 0.25) is 0 Å². The van der Waals surface area contributed by atoms with Gasteiger partial charge in [0, 0.05) is 24.9 Å². The molecule has 1 aromatic heterocycles. The molecule has 0 saturated heterocycles. The van der Waals surface area contributed by atoms with Gasteiger partial charge in [0.25, 0.3) is 0 Å². The largest absolute Gasteiger partial charge is 0.484 e. The number of alkyl halides is 3. The summed E-state index contributed by atoms with van der Waals surface area (Å²) in [7, 11) is 0. The fourth-order valence-electron chi connectivity index (χ4n) is 2.20. The minimum Gasteiger partial charge on any atom is -0.484 e. The van der Waals surface area contributed by atoms with Gasteiger partial charge in [-0.2, -0.15) is 13.2 Å². The molecule has 1 heterocycles. The molecule has 5 nitrogen and oxygen atoms in total. The SMILES string of the molecule is CCNC(=NCc1ccc(OCC(F)(F)F)cc1)NCCc1csc(C)n1.I. The average Bonchev–Trinajstić information content (AvgIpc) is 3.03. The average molecular weight is 528 g/mol. The molecule has 10 heteroatoms. The molecule has 1 aromatic carbocycles. The highest BCUT2D eigenvalue weighted by Crippen LogP contribution is 2.19. The fourth-order valence-corrected chi connectivity index (χ4v) is 2.85. The van der Waals surface area contributed by atoms with Gasteiger partial charge in [-0.3, -0.25) is 0 Å². The van der Waals surface area contributed by atoms with E-state index in [1.807, 2.05) is 19.2 Å². The van der Waals surface area contributed by atoms with Crippen LogP contribution in [0, 0.1) is 6.92 Å². The quantitative estimate of drug-likeness (QED) is 0.305. The van der Waals surface area contributed by atoms with E-state index in [0.29, 0.717) is 19.0 Å². The Labute approximate surface area is 183 Å². The molecule has 0 amide bonds. The van der Waals surface area contributed by atoms with Crippen LogP contribution in [-0.2, 0) is 13.0 Å². The Bertz CT molecular complexity index is 735. The molecule has 0 spiro atoms. The molecule has 0 saturated carbocycles.